The number of carbonyl (C=O) groups is 1. The second kappa shape index (κ2) is 7.03. The third-order valence-corrected chi connectivity index (χ3v) is 5.52. The van der Waals surface area contributed by atoms with Crippen LogP contribution >= 0.6 is 0 Å². The first kappa shape index (κ1) is 19.2. The SMILES string of the molecule is COc1ccc(C)c(C(=O)NC2(c3cc(N(C)C)nc4cc(F)ccc34)CC2)c1. The number of fused-ring (bicyclic) bond motifs is 1. The quantitative estimate of drug-likeness (QED) is 0.707. The van der Waals surface area contributed by atoms with Gasteiger partial charge in [-0.3, -0.25) is 4.79 Å². The number of carbonyl (C=O) groups excluding carboxylic acids is 1. The van der Waals surface area contributed by atoms with Gasteiger partial charge in [0.1, 0.15) is 17.4 Å². The highest BCUT2D eigenvalue weighted by Crippen LogP contribution is 2.48. The molecule has 1 heterocycles. The van der Waals surface area contributed by atoms with Gasteiger partial charge >= 0.3 is 0 Å². The van der Waals surface area contributed by atoms with Gasteiger partial charge in [-0.25, -0.2) is 9.37 Å². The summed E-state index contributed by atoms with van der Waals surface area (Å²) in [7, 11) is 5.38. The molecule has 5 nitrogen and oxygen atoms in total. The first-order chi connectivity index (χ1) is 13.8. The van der Waals surface area contributed by atoms with E-state index in [9.17, 15) is 9.18 Å². The highest BCUT2D eigenvalue weighted by atomic mass is 19.1. The van der Waals surface area contributed by atoms with Crippen molar-refractivity contribution < 1.29 is 13.9 Å². The smallest absolute Gasteiger partial charge is 0.252 e. The number of aromatic nitrogens is 1. The van der Waals surface area contributed by atoms with E-state index in [2.05, 4.69) is 10.3 Å². The van der Waals surface area contributed by atoms with Crippen molar-refractivity contribution in [2.45, 2.75) is 25.3 Å². The summed E-state index contributed by atoms with van der Waals surface area (Å²) in [5, 5.41) is 4.09. The van der Waals surface area contributed by atoms with E-state index in [-0.39, 0.29) is 11.7 Å². The topological polar surface area (TPSA) is 54.5 Å². The minimum absolute atomic E-state index is 0.141. The Morgan fingerprint density at radius 1 is 1.17 bits per heavy atom. The molecule has 3 aromatic rings. The number of anilines is 1. The number of benzene rings is 2. The number of hydrogen-bond acceptors (Lipinski definition) is 4. The predicted octanol–water partition coefficient (Wildman–Crippen LogP) is 4.18. The zero-order chi connectivity index (χ0) is 20.8. The Hall–Kier alpha value is -3.15. The van der Waals surface area contributed by atoms with Crippen molar-refractivity contribution in [3.8, 4) is 5.75 Å². The first-order valence-electron chi connectivity index (χ1n) is 9.58. The van der Waals surface area contributed by atoms with E-state index in [1.807, 2.05) is 44.1 Å². The van der Waals surface area contributed by atoms with Crippen LogP contribution in [-0.4, -0.2) is 32.1 Å². The van der Waals surface area contributed by atoms with Gasteiger partial charge in [0.2, 0.25) is 0 Å². The summed E-state index contributed by atoms with van der Waals surface area (Å²) in [5.74, 6) is 0.909. The molecule has 0 bridgehead atoms. The number of ether oxygens (including phenoxy) is 1. The Balaban J connectivity index is 1.77. The molecule has 0 spiro atoms. The molecule has 0 atom stereocenters. The summed E-state index contributed by atoms with van der Waals surface area (Å²) in [6.07, 6.45) is 1.65. The molecule has 4 rings (SSSR count). The monoisotopic (exact) mass is 393 g/mol. The molecule has 2 aromatic carbocycles. The van der Waals surface area contributed by atoms with Crippen molar-refractivity contribution in [3.63, 3.8) is 0 Å². The summed E-state index contributed by atoms with van der Waals surface area (Å²) in [6.45, 7) is 1.91. The number of aryl methyl sites for hydroxylation is 1. The summed E-state index contributed by atoms with van der Waals surface area (Å²) < 4.78 is 19.1. The minimum Gasteiger partial charge on any atom is -0.497 e. The highest BCUT2D eigenvalue weighted by molar-refractivity contribution is 5.97. The number of pyridine rings is 1. The Morgan fingerprint density at radius 3 is 2.59 bits per heavy atom. The van der Waals surface area contributed by atoms with Crippen LogP contribution in [-0.2, 0) is 5.54 Å². The summed E-state index contributed by atoms with van der Waals surface area (Å²) in [5.41, 5.74) is 2.56. The number of nitrogens with zero attached hydrogens (tertiary/aromatic N) is 2. The molecule has 1 fully saturated rings. The van der Waals surface area contributed by atoms with Crippen LogP contribution in [0.4, 0.5) is 10.2 Å². The maximum atomic E-state index is 13.8. The van der Waals surface area contributed by atoms with Crippen molar-refractivity contribution in [2.24, 2.45) is 0 Å². The molecule has 1 aliphatic rings. The first-order valence-corrected chi connectivity index (χ1v) is 9.58. The van der Waals surface area contributed by atoms with E-state index in [1.54, 1.807) is 19.2 Å². The molecular formula is C23H24FN3O2. The van der Waals surface area contributed by atoms with Crippen molar-refractivity contribution in [1.29, 1.82) is 0 Å². The molecule has 0 saturated heterocycles. The predicted molar refractivity (Wildman–Crippen MR) is 112 cm³/mol. The van der Waals surface area contributed by atoms with E-state index in [1.165, 1.54) is 12.1 Å². The third kappa shape index (κ3) is 3.50. The van der Waals surface area contributed by atoms with Gasteiger partial charge in [-0.15, -0.1) is 0 Å². The number of rotatable bonds is 5. The van der Waals surface area contributed by atoms with Gasteiger partial charge in [0.05, 0.1) is 18.2 Å². The summed E-state index contributed by atoms with van der Waals surface area (Å²) in [4.78, 5) is 19.6. The van der Waals surface area contributed by atoms with Crippen molar-refractivity contribution in [1.82, 2.24) is 10.3 Å². The highest BCUT2D eigenvalue weighted by Gasteiger charge is 2.47. The molecule has 0 unspecified atom stereocenters. The Labute approximate surface area is 169 Å². The fourth-order valence-corrected chi connectivity index (χ4v) is 3.66. The number of halogens is 1. The van der Waals surface area contributed by atoms with Crippen LogP contribution in [0.25, 0.3) is 10.9 Å². The van der Waals surface area contributed by atoms with E-state index >= 15 is 0 Å². The third-order valence-electron chi connectivity index (χ3n) is 5.52. The number of hydrogen-bond donors (Lipinski definition) is 1. The minimum atomic E-state index is -0.476. The summed E-state index contributed by atoms with van der Waals surface area (Å²) in [6, 6.07) is 12.1. The van der Waals surface area contributed by atoms with E-state index in [0.717, 1.165) is 35.2 Å². The van der Waals surface area contributed by atoms with E-state index in [4.69, 9.17) is 4.74 Å². The van der Waals surface area contributed by atoms with Crippen molar-refractivity contribution in [3.05, 3.63) is 65.0 Å². The van der Waals surface area contributed by atoms with Gasteiger partial charge in [-0.05, 0) is 61.2 Å². The van der Waals surface area contributed by atoms with Gasteiger partial charge < -0.3 is 15.0 Å². The van der Waals surface area contributed by atoms with Crippen molar-refractivity contribution in [2.75, 3.05) is 26.1 Å². The lowest BCUT2D eigenvalue weighted by Crippen LogP contribution is -2.35. The molecule has 29 heavy (non-hydrogen) atoms. The standard InChI is InChI=1S/C23H24FN3O2/c1-14-5-7-16(29-4)12-18(14)22(28)26-23(9-10-23)19-13-21(27(2)3)25-20-11-15(24)6-8-17(19)20/h5-8,11-13H,9-10H2,1-4H3,(H,26,28). The maximum absolute atomic E-state index is 13.8. The molecule has 1 amide bonds. The number of amides is 1. The van der Waals surface area contributed by atoms with Crippen molar-refractivity contribution >= 4 is 22.6 Å². The van der Waals surface area contributed by atoms with Crippen LogP contribution in [0.3, 0.4) is 0 Å². The summed E-state index contributed by atoms with van der Waals surface area (Å²) >= 11 is 0. The molecule has 6 heteroatoms. The number of methoxy groups -OCH3 is 1. The lowest BCUT2D eigenvalue weighted by atomic mass is 9.98. The van der Waals surface area contributed by atoms with Gasteiger partial charge in [0.25, 0.3) is 5.91 Å². The van der Waals surface area contributed by atoms with Gasteiger partial charge in [-0.1, -0.05) is 6.07 Å². The van der Waals surface area contributed by atoms with Crippen LogP contribution < -0.4 is 15.0 Å². The molecule has 0 aliphatic heterocycles. The van der Waals surface area contributed by atoms with Crippen LogP contribution in [0.5, 0.6) is 5.75 Å². The van der Waals surface area contributed by atoms with E-state index in [0.29, 0.717) is 16.8 Å². The van der Waals surface area contributed by atoms with Crippen LogP contribution in [0, 0.1) is 12.7 Å². The van der Waals surface area contributed by atoms with Crippen LogP contribution in [0.15, 0.2) is 42.5 Å². The molecule has 1 N–H and O–H groups in total. The molecule has 1 saturated carbocycles. The Morgan fingerprint density at radius 2 is 1.93 bits per heavy atom. The lowest BCUT2D eigenvalue weighted by molar-refractivity contribution is 0.0930. The zero-order valence-electron chi connectivity index (χ0n) is 17.0. The average Bonchev–Trinajstić information content (AvgIpc) is 3.47. The lowest BCUT2D eigenvalue weighted by Gasteiger charge is -2.23. The normalized spacial score (nSPS) is 14.5. The van der Waals surface area contributed by atoms with Crippen LogP contribution in [0.1, 0.15) is 34.3 Å². The Kier molecular flexibility index (Phi) is 4.65. The fraction of sp³-hybridized carbons (Fsp3) is 0.304. The zero-order valence-corrected chi connectivity index (χ0v) is 17.0. The molecule has 1 aromatic heterocycles. The van der Waals surface area contributed by atoms with E-state index < -0.39 is 5.54 Å². The molecule has 0 radical (unpaired) electrons. The van der Waals surface area contributed by atoms with Gasteiger partial charge in [-0.2, -0.15) is 0 Å². The molecular weight excluding hydrogens is 369 g/mol. The largest absolute Gasteiger partial charge is 0.497 e. The second-order valence-electron chi connectivity index (χ2n) is 7.80. The molecule has 150 valence electrons. The second-order valence-corrected chi connectivity index (χ2v) is 7.80. The van der Waals surface area contributed by atoms with Gasteiger partial charge in [0, 0.05) is 31.1 Å². The Bertz CT molecular complexity index is 1110. The van der Waals surface area contributed by atoms with Gasteiger partial charge in [0.15, 0.2) is 0 Å². The fourth-order valence-electron chi connectivity index (χ4n) is 3.66. The maximum Gasteiger partial charge on any atom is 0.252 e. The average molecular weight is 393 g/mol. The molecule has 1 aliphatic carbocycles. The number of nitrogens with one attached hydrogen (secondary N) is 1. The van der Waals surface area contributed by atoms with Crippen LogP contribution in [0.2, 0.25) is 0 Å².